The van der Waals surface area contributed by atoms with Gasteiger partial charge in [0, 0.05) is 73.0 Å². The SMILES string of the molecule is O=C(Nc1cccc(Nc2nc(-c3cccnc3)cs2)c1)c1ccc(CN2CCNCC2)cc1. The summed E-state index contributed by atoms with van der Waals surface area (Å²) in [6, 6.07) is 19.4. The predicted octanol–water partition coefficient (Wildman–Crippen LogP) is 4.61. The first kappa shape index (κ1) is 22.2. The van der Waals surface area contributed by atoms with Crippen molar-refractivity contribution in [3.63, 3.8) is 0 Å². The Balaban J connectivity index is 1.20. The van der Waals surface area contributed by atoms with E-state index in [-0.39, 0.29) is 5.91 Å². The molecule has 1 saturated heterocycles. The van der Waals surface area contributed by atoms with Crippen LogP contribution in [0.3, 0.4) is 0 Å². The van der Waals surface area contributed by atoms with Crippen LogP contribution in [-0.4, -0.2) is 47.0 Å². The van der Waals surface area contributed by atoms with Crippen LogP contribution in [-0.2, 0) is 6.54 Å². The van der Waals surface area contributed by atoms with Crippen molar-refractivity contribution in [2.24, 2.45) is 0 Å². The quantitative estimate of drug-likeness (QED) is 0.366. The van der Waals surface area contributed by atoms with Crippen LogP contribution < -0.4 is 16.0 Å². The second-order valence-electron chi connectivity index (χ2n) is 8.16. The van der Waals surface area contributed by atoms with Crippen LogP contribution in [0.4, 0.5) is 16.5 Å². The molecular weight excluding hydrogens is 444 g/mol. The van der Waals surface area contributed by atoms with Gasteiger partial charge in [-0.05, 0) is 48.0 Å². The maximum Gasteiger partial charge on any atom is 0.255 e. The molecule has 8 heteroatoms. The molecule has 3 N–H and O–H groups in total. The number of hydrogen-bond donors (Lipinski definition) is 3. The first-order valence-corrected chi connectivity index (χ1v) is 12.2. The number of pyridine rings is 1. The van der Waals surface area contributed by atoms with Crippen LogP contribution in [0.15, 0.2) is 78.4 Å². The van der Waals surface area contributed by atoms with Gasteiger partial charge in [0.05, 0.1) is 5.69 Å². The van der Waals surface area contributed by atoms with E-state index in [4.69, 9.17) is 0 Å². The molecule has 172 valence electrons. The molecule has 1 aliphatic rings. The first-order chi connectivity index (χ1) is 16.7. The monoisotopic (exact) mass is 470 g/mol. The van der Waals surface area contributed by atoms with Crippen molar-refractivity contribution >= 4 is 33.8 Å². The fraction of sp³-hybridized carbons (Fsp3) is 0.192. The summed E-state index contributed by atoms with van der Waals surface area (Å²) >= 11 is 1.53. The van der Waals surface area contributed by atoms with Gasteiger partial charge in [0.15, 0.2) is 5.13 Å². The Morgan fingerprint density at radius 1 is 1.03 bits per heavy atom. The molecule has 4 aromatic rings. The number of nitrogens with zero attached hydrogens (tertiary/aromatic N) is 3. The average molecular weight is 471 g/mol. The van der Waals surface area contributed by atoms with Crippen LogP contribution >= 0.6 is 11.3 Å². The summed E-state index contributed by atoms with van der Waals surface area (Å²) in [4.78, 5) is 24.0. The number of benzene rings is 2. The van der Waals surface area contributed by atoms with Gasteiger partial charge in [0.1, 0.15) is 0 Å². The van der Waals surface area contributed by atoms with E-state index in [1.54, 1.807) is 12.4 Å². The summed E-state index contributed by atoms with van der Waals surface area (Å²) < 4.78 is 0. The lowest BCUT2D eigenvalue weighted by atomic mass is 10.1. The molecule has 0 radical (unpaired) electrons. The molecule has 3 heterocycles. The molecule has 1 aliphatic heterocycles. The maximum absolute atomic E-state index is 12.8. The maximum atomic E-state index is 12.8. The van der Waals surface area contributed by atoms with Gasteiger partial charge in [-0.1, -0.05) is 18.2 Å². The van der Waals surface area contributed by atoms with Gasteiger partial charge in [-0.3, -0.25) is 14.7 Å². The Morgan fingerprint density at radius 2 is 1.85 bits per heavy atom. The van der Waals surface area contributed by atoms with E-state index in [9.17, 15) is 4.79 Å². The Hall–Kier alpha value is -3.59. The predicted molar refractivity (Wildman–Crippen MR) is 138 cm³/mol. The number of nitrogens with one attached hydrogen (secondary N) is 3. The average Bonchev–Trinajstić information content (AvgIpc) is 3.34. The van der Waals surface area contributed by atoms with Gasteiger partial charge in [0.25, 0.3) is 5.91 Å². The van der Waals surface area contributed by atoms with Crippen molar-refractivity contribution in [2.75, 3.05) is 36.8 Å². The van der Waals surface area contributed by atoms with Crippen LogP contribution in [0.1, 0.15) is 15.9 Å². The van der Waals surface area contributed by atoms with Gasteiger partial charge in [-0.15, -0.1) is 11.3 Å². The summed E-state index contributed by atoms with van der Waals surface area (Å²) in [5, 5.41) is 12.5. The van der Waals surface area contributed by atoms with Gasteiger partial charge >= 0.3 is 0 Å². The Labute approximate surface area is 202 Å². The molecule has 0 spiro atoms. The number of carbonyl (C=O) groups is 1. The molecule has 0 aliphatic carbocycles. The number of anilines is 3. The minimum absolute atomic E-state index is 0.126. The summed E-state index contributed by atoms with van der Waals surface area (Å²) in [6.45, 7) is 5.08. The third-order valence-electron chi connectivity index (χ3n) is 5.67. The highest BCUT2D eigenvalue weighted by atomic mass is 32.1. The van der Waals surface area contributed by atoms with Gasteiger partial charge in [0.2, 0.25) is 0 Å². The van der Waals surface area contributed by atoms with Gasteiger partial charge < -0.3 is 16.0 Å². The van der Waals surface area contributed by atoms with Crippen molar-refractivity contribution in [2.45, 2.75) is 6.54 Å². The van der Waals surface area contributed by atoms with Crippen LogP contribution in [0.2, 0.25) is 0 Å². The number of rotatable bonds is 7. The summed E-state index contributed by atoms with van der Waals surface area (Å²) in [5.41, 5.74) is 5.31. The van der Waals surface area contributed by atoms with E-state index in [1.165, 1.54) is 16.9 Å². The lowest BCUT2D eigenvalue weighted by Crippen LogP contribution is -2.42. The van der Waals surface area contributed by atoms with Gasteiger partial charge in [-0.2, -0.15) is 0 Å². The van der Waals surface area contributed by atoms with E-state index < -0.39 is 0 Å². The largest absolute Gasteiger partial charge is 0.331 e. The molecule has 1 amide bonds. The third kappa shape index (κ3) is 5.66. The number of hydrogen-bond acceptors (Lipinski definition) is 7. The molecule has 2 aromatic carbocycles. The molecule has 0 atom stereocenters. The van der Waals surface area contributed by atoms with Crippen molar-refractivity contribution < 1.29 is 4.79 Å². The summed E-state index contributed by atoms with van der Waals surface area (Å²) in [5.74, 6) is -0.126. The number of aromatic nitrogens is 2. The van der Waals surface area contributed by atoms with Crippen molar-refractivity contribution in [1.82, 2.24) is 20.2 Å². The molecule has 34 heavy (non-hydrogen) atoms. The Kier molecular flexibility index (Phi) is 6.90. The molecule has 5 rings (SSSR count). The zero-order valence-electron chi connectivity index (χ0n) is 18.7. The number of thiazole rings is 1. The van der Waals surface area contributed by atoms with Crippen molar-refractivity contribution in [3.8, 4) is 11.3 Å². The van der Waals surface area contributed by atoms with E-state index in [2.05, 4.69) is 30.8 Å². The van der Waals surface area contributed by atoms with E-state index >= 15 is 0 Å². The van der Waals surface area contributed by atoms with Crippen molar-refractivity contribution in [1.29, 1.82) is 0 Å². The minimum Gasteiger partial charge on any atom is -0.331 e. The third-order valence-corrected chi connectivity index (χ3v) is 6.42. The fourth-order valence-electron chi connectivity index (χ4n) is 3.87. The molecule has 1 fully saturated rings. The van der Waals surface area contributed by atoms with E-state index in [1.807, 2.05) is 66.0 Å². The highest BCUT2D eigenvalue weighted by Gasteiger charge is 2.11. The number of carbonyl (C=O) groups excluding carboxylic acids is 1. The molecule has 0 unspecified atom stereocenters. The molecule has 7 nitrogen and oxygen atoms in total. The zero-order chi connectivity index (χ0) is 23.2. The van der Waals surface area contributed by atoms with E-state index in [0.717, 1.165) is 60.5 Å². The Morgan fingerprint density at radius 3 is 2.65 bits per heavy atom. The fourth-order valence-corrected chi connectivity index (χ4v) is 4.61. The Bertz CT molecular complexity index is 1240. The zero-order valence-corrected chi connectivity index (χ0v) is 19.5. The summed E-state index contributed by atoms with van der Waals surface area (Å²) in [6.07, 6.45) is 3.55. The highest BCUT2D eigenvalue weighted by molar-refractivity contribution is 7.14. The van der Waals surface area contributed by atoms with E-state index in [0.29, 0.717) is 5.56 Å². The molecule has 0 bridgehead atoms. The highest BCUT2D eigenvalue weighted by Crippen LogP contribution is 2.27. The molecular formula is C26H26N6OS. The minimum atomic E-state index is -0.126. The standard InChI is InChI=1S/C26H26N6OS/c33-25(20-8-6-19(7-9-20)17-32-13-11-27-12-14-32)29-22-4-1-5-23(15-22)30-26-31-24(18-34-26)21-3-2-10-28-16-21/h1-10,15-16,18,27H,11-14,17H2,(H,29,33)(H,30,31). The first-order valence-electron chi connectivity index (χ1n) is 11.3. The second-order valence-corrected chi connectivity index (χ2v) is 9.02. The smallest absolute Gasteiger partial charge is 0.255 e. The number of amides is 1. The van der Waals surface area contributed by atoms with Crippen LogP contribution in [0, 0.1) is 0 Å². The summed E-state index contributed by atoms with van der Waals surface area (Å²) in [7, 11) is 0. The lowest BCUT2D eigenvalue weighted by molar-refractivity contribution is 0.102. The lowest BCUT2D eigenvalue weighted by Gasteiger charge is -2.27. The molecule has 0 saturated carbocycles. The topological polar surface area (TPSA) is 82.2 Å². The normalized spacial score (nSPS) is 14.0. The van der Waals surface area contributed by atoms with Crippen LogP contribution in [0.5, 0.6) is 0 Å². The van der Waals surface area contributed by atoms with Crippen LogP contribution in [0.25, 0.3) is 11.3 Å². The van der Waals surface area contributed by atoms with Gasteiger partial charge in [-0.25, -0.2) is 4.98 Å². The number of piperazine rings is 1. The molecule has 2 aromatic heterocycles. The second kappa shape index (κ2) is 10.6. The van der Waals surface area contributed by atoms with Crippen molar-refractivity contribution in [3.05, 3.63) is 89.6 Å².